The molecule has 1 spiro atoms. The van der Waals surface area contributed by atoms with E-state index in [-0.39, 0.29) is 11.2 Å². The van der Waals surface area contributed by atoms with E-state index in [1.807, 2.05) is 6.07 Å². The summed E-state index contributed by atoms with van der Waals surface area (Å²) >= 11 is 0. The third-order valence-corrected chi connectivity index (χ3v) is 7.07. The molecule has 4 nitrogen and oxygen atoms in total. The molecule has 24 heavy (non-hydrogen) atoms. The molecule has 2 aliphatic carbocycles. The molecule has 3 fully saturated rings. The van der Waals surface area contributed by atoms with Crippen molar-refractivity contribution in [2.24, 2.45) is 5.92 Å². The monoisotopic (exact) mass is 324 g/mol. The molecular weight excluding hydrogens is 300 g/mol. The number of benzene rings is 1. The van der Waals surface area contributed by atoms with E-state index in [1.165, 1.54) is 11.1 Å². The van der Waals surface area contributed by atoms with Gasteiger partial charge in [-0.25, -0.2) is 4.85 Å². The summed E-state index contributed by atoms with van der Waals surface area (Å²) in [6.45, 7) is 9.99. The molecule has 1 aromatic carbocycles. The molecule has 4 heteroatoms. The fourth-order valence-corrected chi connectivity index (χ4v) is 6.01. The summed E-state index contributed by atoms with van der Waals surface area (Å²) in [7, 11) is 2.28. The molecule has 1 saturated carbocycles. The Kier molecular flexibility index (Phi) is 3.13. The molecule has 1 aromatic rings. The quantitative estimate of drug-likeness (QED) is 0.685. The van der Waals surface area contributed by atoms with Gasteiger partial charge in [-0.1, -0.05) is 18.2 Å². The van der Waals surface area contributed by atoms with Crippen LogP contribution in [-0.4, -0.2) is 43.5 Å². The largest absolute Gasteiger partial charge is 0.348 e. The van der Waals surface area contributed by atoms with Crippen molar-refractivity contribution < 1.29 is 9.47 Å². The summed E-state index contributed by atoms with van der Waals surface area (Å²) in [6, 6.07) is 6.97. The Labute approximate surface area is 143 Å². The van der Waals surface area contributed by atoms with Gasteiger partial charge in [0.2, 0.25) is 0 Å². The van der Waals surface area contributed by atoms with Gasteiger partial charge in [0.15, 0.2) is 11.5 Å². The Balaban J connectivity index is 1.67. The van der Waals surface area contributed by atoms with E-state index in [9.17, 15) is 0 Å². The molecule has 2 aliphatic heterocycles. The van der Waals surface area contributed by atoms with Gasteiger partial charge in [-0.3, -0.25) is 0 Å². The molecule has 0 radical (unpaired) electrons. The molecule has 2 heterocycles. The van der Waals surface area contributed by atoms with Gasteiger partial charge < -0.3 is 14.4 Å². The zero-order chi connectivity index (χ0) is 16.4. The van der Waals surface area contributed by atoms with Crippen LogP contribution in [-0.2, 0) is 21.3 Å². The average molecular weight is 324 g/mol. The molecule has 2 bridgehead atoms. The number of hydrogen-bond acceptors (Lipinski definition) is 3. The van der Waals surface area contributed by atoms with E-state index in [2.05, 4.69) is 28.9 Å². The zero-order valence-electron chi connectivity index (χ0n) is 14.3. The van der Waals surface area contributed by atoms with Crippen LogP contribution in [0.5, 0.6) is 0 Å². The normalized spacial score (nSPS) is 36.8. The van der Waals surface area contributed by atoms with Crippen molar-refractivity contribution in [3.63, 3.8) is 0 Å². The van der Waals surface area contributed by atoms with E-state index in [0.717, 1.165) is 57.6 Å². The molecule has 0 N–H and O–H groups in total. The lowest BCUT2D eigenvalue weighted by Gasteiger charge is -2.61. The SMILES string of the molecule is [C-]#[N+]c1ccc2c(c1)[C@]13CCN(C)[C@H](C2)[C@@H]1CCC1(C3)OCCO1. The number of piperidine rings is 1. The minimum absolute atomic E-state index is 0.119. The van der Waals surface area contributed by atoms with Crippen LogP contribution in [0.1, 0.15) is 36.8 Å². The molecule has 4 aliphatic rings. The predicted molar refractivity (Wildman–Crippen MR) is 91.1 cm³/mol. The second kappa shape index (κ2) is 5.05. The average Bonchev–Trinajstić information content (AvgIpc) is 3.05. The van der Waals surface area contributed by atoms with Gasteiger partial charge in [-0.05, 0) is 49.9 Å². The Bertz CT molecular complexity index is 719. The highest BCUT2D eigenvalue weighted by molar-refractivity contribution is 5.54. The van der Waals surface area contributed by atoms with Gasteiger partial charge in [0, 0.05) is 24.3 Å². The molecule has 3 atom stereocenters. The van der Waals surface area contributed by atoms with Crippen LogP contribution >= 0.6 is 0 Å². The minimum Gasteiger partial charge on any atom is -0.348 e. The summed E-state index contributed by atoms with van der Waals surface area (Å²) in [4.78, 5) is 6.26. The number of fused-ring (bicyclic) bond motifs is 1. The van der Waals surface area contributed by atoms with Crippen molar-refractivity contribution in [3.8, 4) is 0 Å². The second-order valence-electron chi connectivity index (χ2n) is 8.04. The molecule has 5 rings (SSSR count). The first-order valence-corrected chi connectivity index (χ1v) is 9.15. The van der Waals surface area contributed by atoms with Crippen LogP contribution in [0.2, 0.25) is 0 Å². The van der Waals surface area contributed by atoms with Crippen LogP contribution in [0.15, 0.2) is 18.2 Å². The number of ether oxygens (including phenoxy) is 2. The van der Waals surface area contributed by atoms with E-state index >= 15 is 0 Å². The fraction of sp³-hybridized carbons (Fsp3) is 0.650. The maximum Gasteiger partial charge on any atom is 0.187 e. The molecule has 0 unspecified atom stereocenters. The van der Waals surface area contributed by atoms with Crippen molar-refractivity contribution >= 4 is 5.69 Å². The lowest BCUT2D eigenvalue weighted by Crippen LogP contribution is -2.63. The third kappa shape index (κ3) is 1.89. The van der Waals surface area contributed by atoms with Gasteiger partial charge in [0.1, 0.15) is 0 Å². The van der Waals surface area contributed by atoms with Crippen molar-refractivity contribution in [2.75, 3.05) is 26.8 Å². The second-order valence-corrected chi connectivity index (χ2v) is 8.04. The number of likely N-dealkylation sites (N-methyl/N-ethyl adjacent to an activating group) is 1. The molecule has 2 saturated heterocycles. The van der Waals surface area contributed by atoms with Crippen molar-refractivity contribution in [1.82, 2.24) is 4.90 Å². The number of rotatable bonds is 0. The van der Waals surface area contributed by atoms with Crippen LogP contribution < -0.4 is 0 Å². The fourth-order valence-electron chi connectivity index (χ4n) is 6.01. The van der Waals surface area contributed by atoms with E-state index in [1.54, 1.807) is 0 Å². The summed E-state index contributed by atoms with van der Waals surface area (Å²) in [6.07, 6.45) is 5.40. The molecule has 0 amide bonds. The van der Waals surface area contributed by atoms with E-state index in [4.69, 9.17) is 16.0 Å². The van der Waals surface area contributed by atoms with Gasteiger partial charge in [0.05, 0.1) is 19.8 Å². The number of likely N-dealkylation sites (tertiary alicyclic amines) is 1. The summed E-state index contributed by atoms with van der Waals surface area (Å²) in [5, 5.41) is 0. The summed E-state index contributed by atoms with van der Waals surface area (Å²) < 4.78 is 12.2. The first-order valence-electron chi connectivity index (χ1n) is 9.15. The van der Waals surface area contributed by atoms with Gasteiger partial charge >= 0.3 is 0 Å². The Morgan fingerprint density at radius 1 is 1.25 bits per heavy atom. The number of hydrogen-bond donors (Lipinski definition) is 0. The molecular formula is C20H24N2O2. The van der Waals surface area contributed by atoms with Gasteiger partial charge in [0.25, 0.3) is 0 Å². The van der Waals surface area contributed by atoms with Gasteiger partial charge in [-0.15, -0.1) is 0 Å². The van der Waals surface area contributed by atoms with Crippen LogP contribution in [0.25, 0.3) is 4.85 Å². The van der Waals surface area contributed by atoms with Crippen LogP contribution in [0, 0.1) is 12.5 Å². The van der Waals surface area contributed by atoms with Crippen molar-refractivity contribution in [2.45, 2.75) is 49.3 Å². The van der Waals surface area contributed by atoms with Crippen molar-refractivity contribution in [1.29, 1.82) is 0 Å². The highest BCUT2D eigenvalue weighted by Crippen LogP contribution is 2.59. The van der Waals surface area contributed by atoms with Crippen molar-refractivity contribution in [3.05, 3.63) is 40.7 Å². The predicted octanol–water partition coefficient (Wildman–Crippen LogP) is 3.28. The first-order chi connectivity index (χ1) is 11.7. The highest BCUT2D eigenvalue weighted by atomic mass is 16.7. The number of nitrogens with zero attached hydrogens (tertiary/aromatic N) is 2. The minimum atomic E-state index is -0.375. The molecule has 0 aromatic heterocycles. The molecule has 126 valence electrons. The first kappa shape index (κ1) is 14.9. The van der Waals surface area contributed by atoms with E-state index in [0.29, 0.717) is 12.0 Å². The summed E-state index contributed by atoms with van der Waals surface area (Å²) in [5.74, 6) is 0.280. The smallest absolute Gasteiger partial charge is 0.187 e. The van der Waals surface area contributed by atoms with Crippen LogP contribution in [0.4, 0.5) is 5.69 Å². The van der Waals surface area contributed by atoms with Crippen LogP contribution in [0.3, 0.4) is 0 Å². The topological polar surface area (TPSA) is 26.1 Å². The zero-order valence-corrected chi connectivity index (χ0v) is 14.3. The Morgan fingerprint density at radius 3 is 2.88 bits per heavy atom. The Hall–Kier alpha value is -1.41. The summed E-state index contributed by atoms with van der Waals surface area (Å²) in [5.41, 5.74) is 3.74. The lowest BCUT2D eigenvalue weighted by atomic mass is 9.51. The third-order valence-electron chi connectivity index (χ3n) is 7.07. The van der Waals surface area contributed by atoms with Gasteiger partial charge in [-0.2, -0.15) is 0 Å². The maximum absolute atomic E-state index is 7.43. The van der Waals surface area contributed by atoms with E-state index < -0.39 is 0 Å². The highest BCUT2D eigenvalue weighted by Gasteiger charge is 2.59. The lowest BCUT2D eigenvalue weighted by molar-refractivity contribution is -0.212. The maximum atomic E-state index is 7.43. The Morgan fingerprint density at radius 2 is 2.08 bits per heavy atom. The standard InChI is InChI=1S/C20H24N2O2/c1-21-15-4-3-14-11-18-16-5-6-20(23-9-10-24-20)13-19(16,17(14)12-15)7-8-22(18)2/h3-4,12,16,18H,5-11,13H2,2H3/t16-,18+,19-/m0/s1.